The highest BCUT2D eigenvalue weighted by Crippen LogP contribution is 2.25. The van der Waals surface area contributed by atoms with E-state index in [0.29, 0.717) is 19.7 Å². The molecule has 0 aliphatic rings. The molecular weight excluding hydrogens is 290 g/mol. The van der Waals surface area contributed by atoms with Crippen LogP contribution in [0.25, 0.3) is 22.3 Å². The molecule has 6 heteroatoms. The maximum absolute atomic E-state index is 12.6. The quantitative estimate of drug-likeness (QED) is 0.648. The third-order valence-electron chi connectivity index (χ3n) is 3.16. The largest absolute Gasteiger partial charge is 0.805 e. The highest BCUT2D eigenvalue weighted by molar-refractivity contribution is 6.31. The molecule has 1 aromatic heterocycles. The van der Waals surface area contributed by atoms with Gasteiger partial charge in [0, 0.05) is 21.6 Å². The summed E-state index contributed by atoms with van der Waals surface area (Å²) in [7, 11) is 0. The number of hydrogen-bond acceptors (Lipinski definition) is 3. The normalized spacial score (nSPS) is 10.5. The first-order valence-electron chi connectivity index (χ1n) is 6.07. The van der Waals surface area contributed by atoms with Crippen molar-refractivity contribution >= 4 is 22.6 Å². The lowest BCUT2D eigenvalue weighted by molar-refractivity contribution is -0.467. The molecule has 1 heterocycles. The zero-order valence-electron chi connectivity index (χ0n) is 10.7. The molecule has 0 radical (unpaired) electrons. The lowest BCUT2D eigenvalue weighted by atomic mass is 10.1. The van der Waals surface area contributed by atoms with Gasteiger partial charge >= 0.3 is 5.69 Å². The van der Waals surface area contributed by atoms with E-state index in [-0.39, 0.29) is 22.4 Å². The average Bonchev–Trinajstić information content (AvgIpc) is 2.51. The zero-order chi connectivity index (χ0) is 15.0. The topological polar surface area (TPSA) is 74.8 Å². The van der Waals surface area contributed by atoms with Crippen molar-refractivity contribution in [3.05, 3.63) is 69.4 Å². The molecule has 102 valence electrons. The van der Waals surface area contributed by atoms with Crippen molar-refractivity contribution in [1.29, 1.82) is 5.26 Å². The molecule has 21 heavy (non-hydrogen) atoms. The molecule has 3 aromatic rings. The molecular formula is C15H8ClN3O2. The Bertz CT molecular complexity index is 943. The number of aromatic nitrogens is 2. The lowest BCUT2D eigenvalue weighted by Crippen LogP contribution is -2.24. The maximum atomic E-state index is 12.6. The second-order valence-corrected chi connectivity index (χ2v) is 4.83. The van der Waals surface area contributed by atoms with Gasteiger partial charge in [0.1, 0.15) is 11.2 Å². The van der Waals surface area contributed by atoms with Crippen LogP contribution in [0.1, 0.15) is 5.69 Å². The van der Waals surface area contributed by atoms with Crippen molar-refractivity contribution in [1.82, 2.24) is 4.73 Å². The van der Waals surface area contributed by atoms with Crippen LogP contribution in [-0.2, 0) is 0 Å². The summed E-state index contributed by atoms with van der Waals surface area (Å²) in [5, 5.41) is 22.2. The Morgan fingerprint density at radius 3 is 2.57 bits per heavy atom. The summed E-state index contributed by atoms with van der Waals surface area (Å²) in [6.45, 7) is 0. The zero-order valence-corrected chi connectivity index (χ0v) is 11.4. The van der Waals surface area contributed by atoms with Crippen LogP contribution in [-0.4, -0.2) is 4.73 Å². The van der Waals surface area contributed by atoms with E-state index in [4.69, 9.17) is 11.6 Å². The summed E-state index contributed by atoms with van der Waals surface area (Å²) < 4.78 is 1.03. The predicted octanol–water partition coefficient (Wildman–Crippen LogP) is 3.09. The monoisotopic (exact) mass is 297 g/mol. The van der Waals surface area contributed by atoms with E-state index in [1.54, 1.807) is 36.4 Å². The maximum Gasteiger partial charge on any atom is 0.363 e. The van der Waals surface area contributed by atoms with Crippen molar-refractivity contribution in [3.8, 4) is 17.3 Å². The van der Waals surface area contributed by atoms with Gasteiger partial charge in [0.15, 0.2) is 6.07 Å². The molecule has 5 nitrogen and oxygen atoms in total. The van der Waals surface area contributed by atoms with E-state index in [1.165, 1.54) is 18.2 Å². The third kappa shape index (κ3) is 2.02. The van der Waals surface area contributed by atoms with E-state index in [1.807, 2.05) is 0 Å². The SMILES string of the molecule is N#Cc1c(-c2ccccc2)n([O-])c2cc(Cl)ccc2[n+]1=O. The molecule has 0 N–H and O–H groups in total. The van der Waals surface area contributed by atoms with Crippen LogP contribution in [0.5, 0.6) is 0 Å². The van der Waals surface area contributed by atoms with Crippen LogP contribution < -0.4 is 4.43 Å². The molecule has 0 atom stereocenters. The minimum absolute atomic E-state index is 0.0165. The molecule has 0 unspecified atom stereocenters. The fraction of sp³-hybridized carbons (Fsp3) is 0. The summed E-state index contributed by atoms with van der Waals surface area (Å²) in [5.41, 5.74) is 0.491. The van der Waals surface area contributed by atoms with Gasteiger partial charge in [0.25, 0.3) is 5.52 Å². The minimum atomic E-state index is -0.244. The molecule has 0 aliphatic heterocycles. The van der Waals surface area contributed by atoms with Gasteiger partial charge < -0.3 is 9.94 Å². The van der Waals surface area contributed by atoms with Crippen molar-refractivity contribution in [3.63, 3.8) is 0 Å². The lowest BCUT2D eigenvalue weighted by Gasteiger charge is -2.17. The van der Waals surface area contributed by atoms with Gasteiger partial charge in [0.05, 0.1) is 4.43 Å². The predicted molar refractivity (Wildman–Crippen MR) is 79.2 cm³/mol. The molecule has 0 spiro atoms. The summed E-state index contributed by atoms with van der Waals surface area (Å²) in [5.74, 6) is 0. The van der Waals surface area contributed by atoms with E-state index in [9.17, 15) is 15.4 Å². The number of nitrogens with zero attached hydrogens (tertiary/aromatic N) is 3. The Morgan fingerprint density at radius 2 is 1.90 bits per heavy atom. The Kier molecular flexibility index (Phi) is 3.09. The molecule has 2 aromatic carbocycles. The second kappa shape index (κ2) is 4.93. The third-order valence-corrected chi connectivity index (χ3v) is 3.39. The number of hydrogen-bond donors (Lipinski definition) is 0. The number of benzene rings is 2. The molecule has 0 amide bonds. The number of rotatable bonds is 1. The molecule has 0 saturated heterocycles. The minimum Gasteiger partial charge on any atom is -0.805 e. The van der Waals surface area contributed by atoms with Crippen molar-refractivity contribution < 1.29 is 4.43 Å². The molecule has 0 aliphatic carbocycles. The highest BCUT2D eigenvalue weighted by atomic mass is 35.5. The van der Waals surface area contributed by atoms with Gasteiger partial charge in [-0.15, -0.1) is 0 Å². The summed E-state index contributed by atoms with van der Waals surface area (Å²) >= 11 is 5.89. The van der Waals surface area contributed by atoms with Gasteiger partial charge in [-0.25, -0.2) is 0 Å². The van der Waals surface area contributed by atoms with Crippen molar-refractivity contribution in [2.24, 2.45) is 0 Å². The molecule has 0 bridgehead atoms. The van der Waals surface area contributed by atoms with Crippen LogP contribution >= 0.6 is 11.6 Å². The fourth-order valence-electron chi connectivity index (χ4n) is 2.21. The van der Waals surface area contributed by atoms with Crippen LogP contribution in [0.15, 0.2) is 48.5 Å². The Labute approximate surface area is 124 Å². The first-order valence-corrected chi connectivity index (χ1v) is 6.45. The van der Waals surface area contributed by atoms with Crippen LogP contribution in [0.2, 0.25) is 5.02 Å². The van der Waals surface area contributed by atoms with Gasteiger partial charge in [-0.05, 0) is 12.1 Å². The molecule has 0 saturated carbocycles. The summed E-state index contributed by atoms with van der Waals surface area (Å²) in [6.07, 6.45) is 0. The highest BCUT2D eigenvalue weighted by Gasteiger charge is 2.23. The van der Waals surface area contributed by atoms with Gasteiger partial charge in [-0.1, -0.05) is 41.9 Å². The van der Waals surface area contributed by atoms with Crippen LogP contribution in [0.4, 0.5) is 0 Å². The Morgan fingerprint density at radius 1 is 1.19 bits per heavy atom. The summed E-state index contributed by atoms with van der Waals surface area (Å²) in [6, 6.07) is 14.7. The molecule has 3 rings (SSSR count). The Hall–Kier alpha value is -2.84. The molecule has 0 fully saturated rings. The number of halogens is 1. The summed E-state index contributed by atoms with van der Waals surface area (Å²) in [4.78, 5) is 12.3. The van der Waals surface area contributed by atoms with Gasteiger partial charge in [-0.2, -0.15) is 5.26 Å². The first-order chi connectivity index (χ1) is 10.1. The van der Waals surface area contributed by atoms with Gasteiger partial charge in [0.2, 0.25) is 0 Å². The fourth-order valence-corrected chi connectivity index (χ4v) is 2.38. The van der Waals surface area contributed by atoms with Crippen molar-refractivity contribution in [2.45, 2.75) is 0 Å². The van der Waals surface area contributed by atoms with E-state index in [2.05, 4.69) is 0 Å². The number of nitriles is 1. The average molecular weight is 298 g/mol. The van der Waals surface area contributed by atoms with Gasteiger partial charge in [-0.3, -0.25) is 0 Å². The van der Waals surface area contributed by atoms with E-state index < -0.39 is 0 Å². The standard InChI is InChI=1S/C15H8ClN3O2/c16-11-6-7-12-13(8-11)19(21)15(14(9-17)18(12)20)10-4-2-1-3-5-10/h1-8H. The number of fused-ring (bicyclic) bond motifs is 1. The smallest absolute Gasteiger partial charge is 0.363 e. The first kappa shape index (κ1) is 13.2. The van der Waals surface area contributed by atoms with Crippen molar-refractivity contribution in [2.75, 3.05) is 0 Å². The van der Waals surface area contributed by atoms with E-state index in [0.717, 1.165) is 0 Å². The Balaban J connectivity index is 2.53. The van der Waals surface area contributed by atoms with Crippen LogP contribution in [0, 0.1) is 21.4 Å². The second-order valence-electron chi connectivity index (χ2n) is 4.40. The van der Waals surface area contributed by atoms with E-state index >= 15 is 0 Å². The van der Waals surface area contributed by atoms with Crippen LogP contribution in [0.3, 0.4) is 0 Å².